The molecular weight excluding hydrogens is 436 g/mol. The lowest BCUT2D eigenvalue weighted by atomic mass is 10.2. The number of nitrogens with zero attached hydrogens (tertiary/aromatic N) is 1. The summed E-state index contributed by atoms with van der Waals surface area (Å²) in [6.45, 7) is -0.175. The zero-order chi connectivity index (χ0) is 18.7. The molecule has 0 spiro atoms. The van der Waals surface area contributed by atoms with Crippen molar-refractivity contribution in [1.82, 2.24) is 0 Å². The largest absolute Gasteiger partial charge is 0.484 e. The van der Waals surface area contributed by atoms with Crippen LogP contribution < -0.4 is 15.4 Å². The van der Waals surface area contributed by atoms with Crippen LogP contribution in [0.15, 0.2) is 57.9 Å². The fraction of sp³-hybridized carbons (Fsp3) is 0.0556. The summed E-state index contributed by atoms with van der Waals surface area (Å²) in [4.78, 5) is 25.5. The molecule has 0 saturated carbocycles. The third kappa shape index (κ3) is 4.32. The van der Waals surface area contributed by atoms with Gasteiger partial charge in [0.15, 0.2) is 10.9 Å². The monoisotopic (exact) mass is 448 g/mol. The van der Waals surface area contributed by atoms with Crippen molar-refractivity contribution in [2.45, 2.75) is 0 Å². The highest BCUT2D eigenvalue weighted by molar-refractivity contribution is 9.10. The molecule has 2 aromatic rings. The summed E-state index contributed by atoms with van der Waals surface area (Å²) in [7, 11) is 0. The van der Waals surface area contributed by atoms with Gasteiger partial charge in [-0.15, -0.1) is 0 Å². The van der Waals surface area contributed by atoms with Gasteiger partial charge >= 0.3 is 0 Å². The van der Waals surface area contributed by atoms with Gasteiger partial charge in [0, 0.05) is 4.47 Å². The molecule has 0 radical (unpaired) electrons. The van der Waals surface area contributed by atoms with Gasteiger partial charge < -0.3 is 10.5 Å². The van der Waals surface area contributed by atoms with E-state index >= 15 is 0 Å². The third-order valence-corrected chi connectivity index (χ3v) is 5.27. The van der Waals surface area contributed by atoms with E-state index in [9.17, 15) is 9.59 Å². The number of ether oxygens (including phenoxy) is 1. The lowest BCUT2D eigenvalue weighted by molar-refractivity contribution is -0.120. The number of anilines is 1. The Kier molecular flexibility index (Phi) is 5.75. The molecule has 3 rings (SSSR count). The van der Waals surface area contributed by atoms with Crippen LogP contribution in [-0.4, -0.2) is 22.7 Å². The number of carbonyl (C=O) groups excluding carboxylic acids is 2. The first-order valence-corrected chi connectivity index (χ1v) is 9.50. The molecule has 0 aliphatic carbocycles. The number of primary amides is 1. The van der Waals surface area contributed by atoms with E-state index in [1.165, 1.54) is 16.7 Å². The molecule has 132 valence electrons. The predicted molar refractivity (Wildman–Crippen MR) is 111 cm³/mol. The van der Waals surface area contributed by atoms with Crippen LogP contribution >= 0.6 is 39.9 Å². The van der Waals surface area contributed by atoms with E-state index in [1.807, 2.05) is 24.3 Å². The van der Waals surface area contributed by atoms with E-state index in [1.54, 1.807) is 30.3 Å². The second kappa shape index (κ2) is 8.03. The third-order valence-electron chi connectivity index (χ3n) is 3.44. The molecule has 1 aliphatic heterocycles. The molecule has 0 aromatic heterocycles. The van der Waals surface area contributed by atoms with Gasteiger partial charge in [0.05, 0.1) is 10.6 Å². The van der Waals surface area contributed by atoms with Crippen LogP contribution in [0.1, 0.15) is 5.56 Å². The fourth-order valence-corrected chi connectivity index (χ4v) is 3.81. The Morgan fingerprint density at radius 1 is 1.19 bits per heavy atom. The van der Waals surface area contributed by atoms with E-state index in [2.05, 4.69) is 15.9 Å². The molecule has 0 unspecified atom stereocenters. The molecule has 0 bridgehead atoms. The molecule has 2 aromatic carbocycles. The standard InChI is InChI=1S/C18H13BrN2O3S2/c19-12-3-5-13(6-4-12)21-17(23)15(26-18(21)25)9-11-1-7-14(8-2-11)24-10-16(20)22/h1-9H,10H2,(H2,20,22)/b15-9-. The van der Waals surface area contributed by atoms with Gasteiger partial charge in [-0.2, -0.15) is 0 Å². The Bertz CT molecular complexity index is 896. The molecule has 2 amide bonds. The zero-order valence-corrected chi connectivity index (χ0v) is 16.6. The second-order valence-electron chi connectivity index (χ2n) is 5.32. The number of carbonyl (C=O) groups is 2. The Labute approximate surface area is 168 Å². The van der Waals surface area contributed by atoms with Gasteiger partial charge in [-0.05, 0) is 48.0 Å². The minimum absolute atomic E-state index is 0.156. The van der Waals surface area contributed by atoms with E-state index < -0.39 is 5.91 Å². The number of thiocarbonyl (C=S) groups is 1. The summed E-state index contributed by atoms with van der Waals surface area (Å²) < 4.78 is 6.64. The summed E-state index contributed by atoms with van der Waals surface area (Å²) in [5.41, 5.74) is 6.60. The SMILES string of the molecule is NC(=O)COc1ccc(/C=C2\SC(=S)N(c3ccc(Br)cc3)C2=O)cc1. The van der Waals surface area contributed by atoms with Crippen molar-refractivity contribution in [3.63, 3.8) is 0 Å². The van der Waals surface area contributed by atoms with Crippen molar-refractivity contribution in [2.75, 3.05) is 11.5 Å². The van der Waals surface area contributed by atoms with Crippen LogP contribution in [0.2, 0.25) is 0 Å². The van der Waals surface area contributed by atoms with Crippen LogP contribution in [0, 0.1) is 0 Å². The van der Waals surface area contributed by atoms with Gasteiger partial charge in [0.1, 0.15) is 5.75 Å². The first-order valence-electron chi connectivity index (χ1n) is 7.49. The molecule has 26 heavy (non-hydrogen) atoms. The van der Waals surface area contributed by atoms with Gasteiger partial charge in [-0.1, -0.05) is 52.0 Å². The number of rotatable bonds is 5. The second-order valence-corrected chi connectivity index (χ2v) is 7.91. The maximum atomic E-state index is 12.7. The van der Waals surface area contributed by atoms with Crippen molar-refractivity contribution in [3.8, 4) is 5.75 Å². The highest BCUT2D eigenvalue weighted by Crippen LogP contribution is 2.36. The first kappa shape index (κ1) is 18.6. The number of hydrogen-bond donors (Lipinski definition) is 1. The number of nitrogens with two attached hydrogens (primary N) is 1. The summed E-state index contributed by atoms with van der Waals surface area (Å²) in [5.74, 6) is -0.162. The Morgan fingerprint density at radius 3 is 2.46 bits per heavy atom. The molecule has 0 atom stereocenters. The molecule has 1 saturated heterocycles. The number of halogens is 1. The summed E-state index contributed by atoms with van der Waals surface area (Å²) in [6, 6.07) is 14.4. The highest BCUT2D eigenvalue weighted by Gasteiger charge is 2.33. The van der Waals surface area contributed by atoms with E-state index in [4.69, 9.17) is 22.7 Å². The van der Waals surface area contributed by atoms with Crippen molar-refractivity contribution in [2.24, 2.45) is 5.73 Å². The first-order chi connectivity index (χ1) is 12.4. The summed E-state index contributed by atoms with van der Waals surface area (Å²) in [5, 5.41) is 0. The lowest BCUT2D eigenvalue weighted by Gasteiger charge is -2.14. The number of benzene rings is 2. The lowest BCUT2D eigenvalue weighted by Crippen LogP contribution is -2.27. The van der Waals surface area contributed by atoms with E-state index in [0.717, 1.165) is 15.7 Å². The molecule has 2 N–H and O–H groups in total. The molecular formula is C18H13BrN2O3S2. The smallest absolute Gasteiger partial charge is 0.270 e. The fourth-order valence-electron chi connectivity index (χ4n) is 2.25. The zero-order valence-electron chi connectivity index (χ0n) is 13.3. The average Bonchev–Trinajstić information content (AvgIpc) is 2.89. The van der Waals surface area contributed by atoms with E-state index in [0.29, 0.717) is 15.0 Å². The van der Waals surface area contributed by atoms with Crippen molar-refractivity contribution >= 4 is 67.8 Å². The Hall–Kier alpha value is -2.16. The number of thioether (sulfide) groups is 1. The van der Waals surface area contributed by atoms with Crippen LogP contribution in [0.3, 0.4) is 0 Å². The minimum Gasteiger partial charge on any atom is -0.484 e. The van der Waals surface area contributed by atoms with Crippen LogP contribution in [0.25, 0.3) is 6.08 Å². The maximum absolute atomic E-state index is 12.7. The van der Waals surface area contributed by atoms with Crippen molar-refractivity contribution < 1.29 is 14.3 Å². The normalized spacial score (nSPS) is 15.6. The minimum atomic E-state index is -0.536. The van der Waals surface area contributed by atoms with E-state index in [-0.39, 0.29) is 12.5 Å². The Morgan fingerprint density at radius 2 is 1.85 bits per heavy atom. The summed E-state index contributed by atoms with van der Waals surface area (Å²) in [6.07, 6.45) is 1.77. The topological polar surface area (TPSA) is 72.6 Å². The maximum Gasteiger partial charge on any atom is 0.270 e. The molecule has 1 aliphatic rings. The van der Waals surface area contributed by atoms with Gasteiger partial charge in [-0.25, -0.2) is 0 Å². The van der Waals surface area contributed by atoms with Crippen molar-refractivity contribution in [3.05, 3.63) is 63.5 Å². The van der Waals surface area contributed by atoms with Crippen LogP contribution in [0.5, 0.6) is 5.75 Å². The van der Waals surface area contributed by atoms with Gasteiger partial charge in [0.2, 0.25) is 0 Å². The molecule has 1 fully saturated rings. The van der Waals surface area contributed by atoms with Gasteiger partial charge in [0.25, 0.3) is 11.8 Å². The number of amides is 2. The molecule has 8 heteroatoms. The average molecular weight is 449 g/mol. The Balaban J connectivity index is 1.77. The van der Waals surface area contributed by atoms with Gasteiger partial charge in [-0.3, -0.25) is 14.5 Å². The predicted octanol–water partition coefficient (Wildman–Crippen LogP) is 3.72. The molecule has 5 nitrogen and oxygen atoms in total. The van der Waals surface area contributed by atoms with Crippen LogP contribution in [-0.2, 0) is 9.59 Å². The van der Waals surface area contributed by atoms with Crippen LogP contribution in [0.4, 0.5) is 5.69 Å². The molecule has 1 heterocycles. The quantitative estimate of drug-likeness (QED) is 0.557. The summed E-state index contributed by atoms with van der Waals surface area (Å²) >= 11 is 9.99. The highest BCUT2D eigenvalue weighted by atomic mass is 79.9. The number of hydrogen-bond acceptors (Lipinski definition) is 5. The van der Waals surface area contributed by atoms with Crippen molar-refractivity contribution in [1.29, 1.82) is 0 Å².